The van der Waals surface area contributed by atoms with Gasteiger partial charge >= 0.3 is 5.69 Å². The van der Waals surface area contributed by atoms with E-state index in [1.165, 1.54) is 4.52 Å². The van der Waals surface area contributed by atoms with Gasteiger partial charge < -0.3 is 5.32 Å². The fourth-order valence-electron chi connectivity index (χ4n) is 2.23. The molecule has 2 rings (SSSR count). The standard InChI is InChI=1S/C12H19N5O/c1-4-9(5-2)8(3)13-10-6-7-11-14-15-12(18)17(11)16-10/h6-9H,4-5H2,1-3H3,(H,13,16)(H,15,18). The second-order valence-corrected chi connectivity index (χ2v) is 4.53. The molecule has 0 bridgehead atoms. The number of nitrogens with zero attached hydrogens (tertiary/aromatic N) is 3. The van der Waals surface area contributed by atoms with Crippen LogP contribution in [0.2, 0.25) is 0 Å². The monoisotopic (exact) mass is 249 g/mol. The summed E-state index contributed by atoms with van der Waals surface area (Å²) in [5, 5.41) is 13.8. The molecule has 6 nitrogen and oxygen atoms in total. The van der Waals surface area contributed by atoms with Crippen LogP contribution in [0.25, 0.3) is 5.65 Å². The van der Waals surface area contributed by atoms with Gasteiger partial charge in [0.1, 0.15) is 5.82 Å². The molecule has 0 saturated carbocycles. The summed E-state index contributed by atoms with van der Waals surface area (Å²) in [5.41, 5.74) is 0.213. The maximum atomic E-state index is 11.4. The molecule has 0 saturated heterocycles. The number of hydrogen-bond donors (Lipinski definition) is 2. The molecular formula is C12H19N5O. The van der Waals surface area contributed by atoms with Gasteiger partial charge in [-0.2, -0.15) is 9.61 Å². The maximum Gasteiger partial charge on any atom is 0.364 e. The van der Waals surface area contributed by atoms with E-state index in [1.807, 2.05) is 6.07 Å². The molecule has 0 radical (unpaired) electrons. The van der Waals surface area contributed by atoms with Crippen molar-refractivity contribution < 1.29 is 0 Å². The minimum atomic E-state index is -0.316. The van der Waals surface area contributed by atoms with Gasteiger partial charge in [0.15, 0.2) is 5.65 Å². The van der Waals surface area contributed by atoms with Crippen molar-refractivity contribution in [3.63, 3.8) is 0 Å². The van der Waals surface area contributed by atoms with Crippen LogP contribution in [0.4, 0.5) is 5.82 Å². The summed E-state index contributed by atoms with van der Waals surface area (Å²) >= 11 is 0. The third kappa shape index (κ3) is 2.37. The van der Waals surface area contributed by atoms with Crippen molar-refractivity contribution in [2.75, 3.05) is 5.32 Å². The second-order valence-electron chi connectivity index (χ2n) is 4.53. The maximum absolute atomic E-state index is 11.4. The largest absolute Gasteiger partial charge is 0.366 e. The highest BCUT2D eigenvalue weighted by Crippen LogP contribution is 2.16. The second kappa shape index (κ2) is 5.20. The Morgan fingerprint density at radius 1 is 1.39 bits per heavy atom. The SMILES string of the molecule is CCC(CC)C(C)Nc1ccc2n[nH]c(=O)n2n1. The third-order valence-electron chi connectivity index (χ3n) is 3.40. The first-order valence-electron chi connectivity index (χ1n) is 6.36. The van der Waals surface area contributed by atoms with Crippen molar-refractivity contribution >= 4 is 11.5 Å². The molecule has 1 atom stereocenters. The van der Waals surface area contributed by atoms with E-state index in [-0.39, 0.29) is 5.69 Å². The average Bonchev–Trinajstić information content (AvgIpc) is 2.73. The number of fused-ring (bicyclic) bond motifs is 1. The van der Waals surface area contributed by atoms with Crippen molar-refractivity contribution in [1.82, 2.24) is 19.8 Å². The van der Waals surface area contributed by atoms with Gasteiger partial charge in [-0.25, -0.2) is 9.89 Å². The van der Waals surface area contributed by atoms with Gasteiger partial charge in [-0.3, -0.25) is 0 Å². The van der Waals surface area contributed by atoms with Gasteiger partial charge in [0.25, 0.3) is 0 Å². The summed E-state index contributed by atoms with van der Waals surface area (Å²) < 4.78 is 1.27. The molecule has 0 amide bonds. The van der Waals surface area contributed by atoms with Crippen molar-refractivity contribution in [3.05, 3.63) is 22.6 Å². The fraction of sp³-hybridized carbons (Fsp3) is 0.583. The molecule has 98 valence electrons. The van der Waals surface area contributed by atoms with Crippen LogP contribution >= 0.6 is 0 Å². The van der Waals surface area contributed by atoms with Gasteiger partial charge in [-0.05, 0) is 25.0 Å². The minimum absolute atomic E-state index is 0.316. The lowest BCUT2D eigenvalue weighted by atomic mass is 9.95. The molecule has 0 aliphatic rings. The van der Waals surface area contributed by atoms with E-state index < -0.39 is 0 Å². The Bertz CT molecular complexity index is 569. The van der Waals surface area contributed by atoms with E-state index in [1.54, 1.807) is 6.07 Å². The van der Waals surface area contributed by atoms with Crippen LogP contribution in [0.15, 0.2) is 16.9 Å². The Balaban J connectivity index is 2.21. The topological polar surface area (TPSA) is 75.1 Å². The molecule has 0 aliphatic carbocycles. The lowest BCUT2D eigenvalue weighted by Crippen LogP contribution is -2.26. The molecule has 0 aromatic carbocycles. The van der Waals surface area contributed by atoms with Gasteiger partial charge in [0.2, 0.25) is 0 Å². The zero-order valence-electron chi connectivity index (χ0n) is 11.0. The zero-order valence-corrected chi connectivity index (χ0v) is 11.0. The Kier molecular flexibility index (Phi) is 3.64. The summed E-state index contributed by atoms with van der Waals surface area (Å²) in [5.74, 6) is 1.30. The number of anilines is 1. The molecule has 2 aromatic rings. The van der Waals surface area contributed by atoms with E-state index in [9.17, 15) is 4.79 Å². The van der Waals surface area contributed by atoms with Crippen molar-refractivity contribution in [1.29, 1.82) is 0 Å². The van der Waals surface area contributed by atoms with Crippen LogP contribution in [-0.4, -0.2) is 25.9 Å². The number of hydrogen-bond acceptors (Lipinski definition) is 4. The van der Waals surface area contributed by atoms with Crippen molar-refractivity contribution in [2.24, 2.45) is 5.92 Å². The van der Waals surface area contributed by atoms with E-state index >= 15 is 0 Å². The van der Waals surface area contributed by atoms with E-state index in [2.05, 4.69) is 41.4 Å². The fourth-order valence-corrected chi connectivity index (χ4v) is 2.23. The molecule has 1 unspecified atom stereocenters. The van der Waals surface area contributed by atoms with Crippen molar-refractivity contribution in [2.45, 2.75) is 39.7 Å². The number of aromatic amines is 1. The lowest BCUT2D eigenvalue weighted by molar-refractivity contribution is 0.436. The predicted molar refractivity (Wildman–Crippen MR) is 70.8 cm³/mol. The van der Waals surface area contributed by atoms with Crippen LogP contribution in [0, 0.1) is 5.92 Å². The molecule has 0 aliphatic heterocycles. The van der Waals surface area contributed by atoms with E-state index in [0.717, 1.165) is 12.8 Å². The summed E-state index contributed by atoms with van der Waals surface area (Å²) in [6, 6.07) is 3.94. The summed E-state index contributed by atoms with van der Waals surface area (Å²) in [6.45, 7) is 6.51. The van der Waals surface area contributed by atoms with Crippen LogP contribution < -0.4 is 11.0 Å². The first-order valence-corrected chi connectivity index (χ1v) is 6.36. The van der Waals surface area contributed by atoms with Gasteiger partial charge in [0, 0.05) is 6.04 Å². The number of nitrogens with one attached hydrogen (secondary N) is 2. The molecule has 2 heterocycles. The number of H-pyrrole nitrogens is 1. The van der Waals surface area contributed by atoms with Gasteiger partial charge in [0.05, 0.1) is 0 Å². The number of aromatic nitrogens is 4. The van der Waals surface area contributed by atoms with E-state index in [4.69, 9.17) is 0 Å². The van der Waals surface area contributed by atoms with Gasteiger partial charge in [-0.1, -0.05) is 26.7 Å². The van der Waals surface area contributed by atoms with Crippen LogP contribution in [0.1, 0.15) is 33.6 Å². The van der Waals surface area contributed by atoms with Crippen LogP contribution in [0.5, 0.6) is 0 Å². The molecule has 0 spiro atoms. The van der Waals surface area contributed by atoms with E-state index in [0.29, 0.717) is 23.4 Å². The smallest absolute Gasteiger partial charge is 0.364 e. The van der Waals surface area contributed by atoms with Gasteiger partial charge in [-0.15, -0.1) is 5.10 Å². The summed E-state index contributed by atoms with van der Waals surface area (Å²) in [6.07, 6.45) is 2.25. The third-order valence-corrected chi connectivity index (χ3v) is 3.40. The summed E-state index contributed by atoms with van der Waals surface area (Å²) in [7, 11) is 0. The highest BCUT2D eigenvalue weighted by molar-refractivity contribution is 5.43. The molecule has 2 N–H and O–H groups in total. The minimum Gasteiger partial charge on any atom is -0.366 e. The molecule has 0 fully saturated rings. The quantitative estimate of drug-likeness (QED) is 0.845. The molecule has 6 heteroatoms. The van der Waals surface area contributed by atoms with Crippen LogP contribution in [0.3, 0.4) is 0 Å². The molecule has 18 heavy (non-hydrogen) atoms. The zero-order chi connectivity index (χ0) is 13.1. The highest BCUT2D eigenvalue weighted by atomic mass is 16.2. The number of rotatable bonds is 5. The highest BCUT2D eigenvalue weighted by Gasteiger charge is 2.14. The first kappa shape index (κ1) is 12.6. The summed E-state index contributed by atoms with van der Waals surface area (Å²) in [4.78, 5) is 11.4. The Hall–Kier alpha value is -1.85. The van der Waals surface area contributed by atoms with Crippen molar-refractivity contribution in [3.8, 4) is 0 Å². The Morgan fingerprint density at radius 3 is 2.78 bits per heavy atom. The lowest BCUT2D eigenvalue weighted by Gasteiger charge is -2.22. The average molecular weight is 249 g/mol. The predicted octanol–water partition coefficient (Wildman–Crippen LogP) is 1.65. The molecule has 2 aromatic heterocycles. The first-order chi connectivity index (χ1) is 8.65. The molecular weight excluding hydrogens is 230 g/mol. The Morgan fingerprint density at radius 2 is 2.11 bits per heavy atom. The van der Waals surface area contributed by atoms with Crippen LogP contribution in [-0.2, 0) is 0 Å². The Labute approximate surface area is 105 Å². The normalized spacial score (nSPS) is 13.1.